The second kappa shape index (κ2) is 12.1. The quantitative estimate of drug-likeness (QED) is 0.176. The second-order valence-electron chi connectivity index (χ2n) is 10.3. The lowest BCUT2D eigenvalue weighted by Crippen LogP contribution is -2.50. The van der Waals surface area contributed by atoms with E-state index in [0.29, 0.717) is 11.8 Å². The lowest BCUT2D eigenvalue weighted by molar-refractivity contribution is -0.104. The molecule has 5 nitrogen and oxygen atoms in total. The number of carbonyl (C=O) groups excluding carboxylic acids is 1. The van der Waals surface area contributed by atoms with E-state index in [1.165, 1.54) is 21.1 Å². The SMILES string of the molecule is O=C(OC1C2CC3CC(C2)CC1C3)OS(=O)(=O)C(F)F.c1ccc([S+](c2ccccc2)c2ccccc2)cc1. The summed E-state index contributed by atoms with van der Waals surface area (Å²) < 4.78 is 54.7. The molecule has 3 aromatic rings. The van der Waals surface area contributed by atoms with Crippen molar-refractivity contribution < 1.29 is 30.9 Å². The molecule has 206 valence electrons. The van der Waals surface area contributed by atoms with E-state index in [0.717, 1.165) is 25.7 Å². The first-order valence-electron chi connectivity index (χ1n) is 13.1. The fourth-order valence-electron chi connectivity index (χ4n) is 6.41. The molecule has 9 heteroatoms. The molecular weight excluding hydrogens is 542 g/mol. The average molecular weight is 574 g/mol. The highest BCUT2D eigenvalue weighted by Gasteiger charge is 2.50. The summed E-state index contributed by atoms with van der Waals surface area (Å²) in [5, 5.41) is 0. The Bertz CT molecular complexity index is 1220. The normalized spacial score (nSPS) is 25.2. The third-order valence-electron chi connectivity index (χ3n) is 7.71. The molecule has 4 fully saturated rings. The fourth-order valence-corrected chi connectivity index (χ4v) is 8.81. The number of alkyl halides is 2. The smallest absolute Gasteiger partial charge is 0.430 e. The standard InChI is InChI=1S/C18H15S.C12H16F2O5S/c1-4-10-16(11-5-1)19(17-12-6-2-7-13-17)18-14-8-3-9-15-18;13-11(14)20(16,17)19-12(15)18-10-8-2-6-1-7(4-8)5-9(10)3-6/h1-15H;6-11H,1-5H2/q+1;. The minimum absolute atomic E-state index is 0.0146. The van der Waals surface area contributed by atoms with E-state index in [-0.39, 0.29) is 28.8 Å². The number of hydrogen-bond acceptors (Lipinski definition) is 5. The first-order valence-corrected chi connectivity index (χ1v) is 15.8. The predicted molar refractivity (Wildman–Crippen MR) is 145 cm³/mol. The summed E-state index contributed by atoms with van der Waals surface area (Å²) in [5.74, 6) is -1.98. The van der Waals surface area contributed by atoms with Gasteiger partial charge in [-0.3, -0.25) is 0 Å². The van der Waals surface area contributed by atoms with Gasteiger partial charge in [-0.05, 0) is 92.2 Å². The highest BCUT2D eigenvalue weighted by molar-refractivity contribution is 7.97. The first kappa shape index (κ1) is 27.6. The van der Waals surface area contributed by atoms with Crippen molar-refractivity contribution in [1.82, 2.24) is 0 Å². The van der Waals surface area contributed by atoms with Crippen LogP contribution in [-0.4, -0.2) is 26.4 Å². The molecule has 0 atom stereocenters. The molecule has 0 spiro atoms. The molecule has 0 aliphatic heterocycles. The van der Waals surface area contributed by atoms with Crippen LogP contribution in [0.4, 0.5) is 13.6 Å². The van der Waals surface area contributed by atoms with Crippen LogP contribution >= 0.6 is 0 Å². The molecule has 0 unspecified atom stereocenters. The summed E-state index contributed by atoms with van der Waals surface area (Å²) in [6.45, 7) is 0. The minimum Gasteiger partial charge on any atom is -0.430 e. The van der Waals surface area contributed by atoms with Crippen LogP contribution < -0.4 is 0 Å². The summed E-state index contributed by atoms with van der Waals surface area (Å²) in [4.78, 5) is 15.5. The van der Waals surface area contributed by atoms with E-state index in [1.807, 2.05) is 0 Å². The Kier molecular flexibility index (Phi) is 8.57. The monoisotopic (exact) mass is 573 g/mol. The molecule has 39 heavy (non-hydrogen) atoms. The number of benzene rings is 3. The van der Waals surface area contributed by atoms with Gasteiger partial charge >= 0.3 is 22.0 Å². The summed E-state index contributed by atoms with van der Waals surface area (Å²) in [5.41, 5.74) is 0. The molecule has 0 N–H and O–H groups in total. The van der Waals surface area contributed by atoms with Gasteiger partial charge in [-0.2, -0.15) is 17.2 Å². The van der Waals surface area contributed by atoms with Crippen LogP contribution in [0, 0.1) is 23.7 Å². The van der Waals surface area contributed by atoms with E-state index >= 15 is 0 Å². The Labute approximate surface area is 231 Å². The molecule has 0 heterocycles. The Hall–Kier alpha value is -2.91. The summed E-state index contributed by atoms with van der Waals surface area (Å²) in [6, 6.07) is 32.2. The van der Waals surface area contributed by atoms with Crippen molar-refractivity contribution in [3.63, 3.8) is 0 Å². The van der Waals surface area contributed by atoms with Crippen molar-refractivity contribution in [2.45, 2.75) is 58.7 Å². The second-order valence-corrected chi connectivity index (χ2v) is 13.9. The van der Waals surface area contributed by atoms with E-state index in [4.69, 9.17) is 4.74 Å². The fraction of sp³-hybridized carbons (Fsp3) is 0.367. The topological polar surface area (TPSA) is 69.7 Å². The maximum atomic E-state index is 12.1. The van der Waals surface area contributed by atoms with Crippen molar-refractivity contribution in [3.8, 4) is 0 Å². The van der Waals surface area contributed by atoms with Gasteiger partial charge in [-0.1, -0.05) is 54.6 Å². The lowest BCUT2D eigenvalue weighted by atomic mass is 9.55. The zero-order valence-corrected chi connectivity index (χ0v) is 22.9. The molecule has 4 bridgehead atoms. The summed E-state index contributed by atoms with van der Waals surface area (Å²) >= 11 is 0. The third-order valence-corrected chi connectivity index (χ3v) is 10.7. The minimum atomic E-state index is -5.18. The van der Waals surface area contributed by atoms with Crippen molar-refractivity contribution in [3.05, 3.63) is 91.0 Å². The van der Waals surface area contributed by atoms with Gasteiger partial charge in [0.15, 0.2) is 14.7 Å². The Morgan fingerprint density at radius 3 is 1.44 bits per heavy atom. The molecular formula is C30H31F2O5S2+. The van der Waals surface area contributed by atoms with Crippen LogP contribution in [0.25, 0.3) is 0 Å². The average Bonchev–Trinajstić information content (AvgIpc) is 2.92. The van der Waals surface area contributed by atoms with Gasteiger partial charge in [-0.15, -0.1) is 0 Å². The van der Waals surface area contributed by atoms with Crippen LogP contribution in [0.3, 0.4) is 0 Å². The number of halogens is 2. The van der Waals surface area contributed by atoms with Crippen molar-refractivity contribution in [1.29, 1.82) is 0 Å². The van der Waals surface area contributed by atoms with Crippen molar-refractivity contribution in [2.24, 2.45) is 23.7 Å². The van der Waals surface area contributed by atoms with Crippen LogP contribution in [0.1, 0.15) is 32.1 Å². The maximum Gasteiger partial charge on any atom is 0.524 e. The van der Waals surface area contributed by atoms with Gasteiger partial charge in [0.05, 0.1) is 10.9 Å². The van der Waals surface area contributed by atoms with Crippen LogP contribution in [-0.2, 0) is 29.9 Å². The van der Waals surface area contributed by atoms with Crippen molar-refractivity contribution >= 4 is 27.2 Å². The Balaban J connectivity index is 0.000000158. The highest BCUT2D eigenvalue weighted by Crippen LogP contribution is 2.54. The predicted octanol–water partition coefficient (Wildman–Crippen LogP) is 7.30. The van der Waals surface area contributed by atoms with Gasteiger partial charge in [0.25, 0.3) is 0 Å². The van der Waals surface area contributed by atoms with E-state index < -0.39 is 22.0 Å². The van der Waals surface area contributed by atoms with Crippen LogP contribution in [0.2, 0.25) is 0 Å². The first-order chi connectivity index (χ1) is 18.8. The van der Waals surface area contributed by atoms with E-state index in [9.17, 15) is 22.0 Å². The number of carbonyl (C=O) groups is 1. The molecule has 4 aliphatic carbocycles. The molecule has 0 aromatic heterocycles. The molecule has 4 aliphatic rings. The molecule has 7 rings (SSSR count). The van der Waals surface area contributed by atoms with E-state index in [1.54, 1.807) is 0 Å². The number of ether oxygens (including phenoxy) is 1. The molecule has 0 amide bonds. The number of hydrogen-bond donors (Lipinski definition) is 0. The van der Waals surface area contributed by atoms with Crippen LogP contribution in [0.5, 0.6) is 0 Å². The number of rotatable bonds is 6. The van der Waals surface area contributed by atoms with Gasteiger partial charge in [0.1, 0.15) is 6.10 Å². The largest absolute Gasteiger partial charge is 0.524 e. The molecule has 3 aromatic carbocycles. The lowest BCUT2D eigenvalue weighted by Gasteiger charge is -2.53. The Morgan fingerprint density at radius 2 is 1.08 bits per heavy atom. The van der Waals surface area contributed by atoms with E-state index in [2.05, 4.69) is 95.2 Å². The maximum absolute atomic E-state index is 12.1. The zero-order chi connectivity index (χ0) is 27.4. The van der Waals surface area contributed by atoms with Gasteiger partial charge in [0, 0.05) is 0 Å². The zero-order valence-electron chi connectivity index (χ0n) is 21.3. The van der Waals surface area contributed by atoms with Crippen molar-refractivity contribution in [2.75, 3.05) is 0 Å². The van der Waals surface area contributed by atoms with Crippen LogP contribution in [0.15, 0.2) is 106 Å². The third kappa shape index (κ3) is 6.64. The highest BCUT2D eigenvalue weighted by atomic mass is 32.2. The van der Waals surface area contributed by atoms with Gasteiger partial charge in [-0.25, -0.2) is 4.79 Å². The Morgan fingerprint density at radius 1 is 0.692 bits per heavy atom. The summed E-state index contributed by atoms with van der Waals surface area (Å²) in [7, 11) is -5.20. The summed E-state index contributed by atoms with van der Waals surface area (Å²) in [6.07, 6.45) is 3.17. The van der Waals surface area contributed by atoms with Gasteiger partial charge < -0.3 is 8.92 Å². The molecule has 0 radical (unpaired) electrons. The molecule has 4 saturated carbocycles. The molecule has 0 saturated heterocycles. The van der Waals surface area contributed by atoms with Gasteiger partial charge in [0.2, 0.25) is 0 Å².